The Morgan fingerprint density at radius 2 is 0.661 bits per heavy atom. The van der Waals surface area contributed by atoms with Crippen LogP contribution in [0.25, 0.3) is 33.9 Å². The molecule has 0 spiro atoms. The second-order valence-corrected chi connectivity index (χ2v) is 15.9. The van der Waals surface area contributed by atoms with E-state index >= 15 is 0 Å². The van der Waals surface area contributed by atoms with Crippen molar-refractivity contribution in [3.63, 3.8) is 0 Å². The Morgan fingerprint density at radius 3 is 1.02 bits per heavy atom. The number of hydrogen-bond acceptors (Lipinski definition) is 4. The molecule has 2 aliphatic rings. The molecule has 56 heavy (non-hydrogen) atoms. The van der Waals surface area contributed by atoms with Gasteiger partial charge in [0.2, 0.25) is 0 Å². The summed E-state index contributed by atoms with van der Waals surface area (Å²) in [6.45, 7) is 9.34. The van der Waals surface area contributed by atoms with E-state index in [4.69, 9.17) is 9.97 Å². The minimum absolute atomic E-state index is 0.182. The maximum Gasteiger partial charge on any atom is 0.160 e. The maximum atomic E-state index is 5.35. The van der Waals surface area contributed by atoms with Crippen LogP contribution in [0.15, 0.2) is 182 Å². The molecular weight excluding hydrogens is 681 g/mol. The fourth-order valence-corrected chi connectivity index (χ4v) is 8.97. The molecule has 0 saturated carbocycles. The van der Waals surface area contributed by atoms with Gasteiger partial charge in [0.15, 0.2) is 5.82 Å². The predicted octanol–water partition coefficient (Wildman–Crippen LogP) is 13.7. The quantitative estimate of drug-likeness (QED) is 0.177. The van der Waals surface area contributed by atoms with Crippen molar-refractivity contribution >= 4 is 34.1 Å². The molecule has 7 aromatic carbocycles. The highest BCUT2D eigenvalue weighted by atomic mass is 15.2. The number of hydrogen-bond donors (Lipinski definition) is 0. The second kappa shape index (κ2) is 12.9. The third-order valence-corrected chi connectivity index (χ3v) is 11.8. The van der Waals surface area contributed by atoms with E-state index in [0.717, 1.165) is 39.5 Å². The smallest absolute Gasteiger partial charge is 0.160 e. The highest BCUT2D eigenvalue weighted by Gasteiger charge is 2.39. The van der Waals surface area contributed by atoms with Crippen molar-refractivity contribution in [2.45, 2.75) is 38.5 Å². The molecule has 10 rings (SSSR count). The monoisotopic (exact) mass is 722 g/mol. The Labute approximate surface area is 329 Å². The average Bonchev–Trinajstić information content (AvgIpc) is 3.24. The molecule has 4 heteroatoms. The number of fused-ring (bicyclic) bond motifs is 4. The first-order valence-electron chi connectivity index (χ1n) is 19.4. The summed E-state index contributed by atoms with van der Waals surface area (Å²) in [6, 6.07) is 65.2. The van der Waals surface area contributed by atoms with Crippen molar-refractivity contribution < 1.29 is 0 Å². The van der Waals surface area contributed by atoms with Crippen LogP contribution in [0.4, 0.5) is 34.1 Å². The lowest BCUT2D eigenvalue weighted by Gasteiger charge is -2.43. The zero-order valence-electron chi connectivity index (χ0n) is 32.1. The number of para-hydroxylation sites is 4. The molecule has 3 heterocycles. The van der Waals surface area contributed by atoms with Crippen LogP contribution >= 0.6 is 0 Å². The largest absolute Gasteiger partial charge is 0.310 e. The lowest BCUT2D eigenvalue weighted by Crippen LogP contribution is -2.31. The van der Waals surface area contributed by atoms with E-state index in [1.165, 1.54) is 45.0 Å². The van der Waals surface area contributed by atoms with Gasteiger partial charge in [0.1, 0.15) is 0 Å². The summed E-state index contributed by atoms with van der Waals surface area (Å²) in [6.07, 6.45) is 0. The minimum Gasteiger partial charge on any atom is -0.310 e. The van der Waals surface area contributed by atoms with E-state index in [2.05, 4.69) is 207 Å². The van der Waals surface area contributed by atoms with E-state index in [1.807, 2.05) is 12.1 Å². The molecule has 270 valence electrons. The van der Waals surface area contributed by atoms with Gasteiger partial charge in [-0.05, 0) is 70.8 Å². The van der Waals surface area contributed by atoms with Gasteiger partial charge in [-0.25, -0.2) is 9.97 Å². The van der Waals surface area contributed by atoms with Crippen LogP contribution in [-0.2, 0) is 10.8 Å². The fourth-order valence-electron chi connectivity index (χ4n) is 8.97. The van der Waals surface area contributed by atoms with Crippen LogP contribution in [0, 0.1) is 0 Å². The molecule has 2 aliphatic heterocycles. The maximum absolute atomic E-state index is 5.35. The van der Waals surface area contributed by atoms with Gasteiger partial charge in [0.05, 0.1) is 34.1 Å². The van der Waals surface area contributed by atoms with Gasteiger partial charge < -0.3 is 9.80 Å². The molecular formula is C52H42N4. The summed E-state index contributed by atoms with van der Waals surface area (Å²) in [5.41, 5.74) is 16.3. The van der Waals surface area contributed by atoms with Gasteiger partial charge in [-0.3, -0.25) is 0 Å². The number of aromatic nitrogens is 2. The van der Waals surface area contributed by atoms with Crippen LogP contribution in [0.3, 0.4) is 0 Å². The topological polar surface area (TPSA) is 32.3 Å². The van der Waals surface area contributed by atoms with Gasteiger partial charge in [-0.15, -0.1) is 0 Å². The van der Waals surface area contributed by atoms with E-state index in [9.17, 15) is 0 Å². The average molecular weight is 723 g/mol. The van der Waals surface area contributed by atoms with Gasteiger partial charge in [-0.2, -0.15) is 0 Å². The third kappa shape index (κ3) is 5.36. The van der Waals surface area contributed by atoms with Crippen LogP contribution in [-0.4, -0.2) is 9.97 Å². The summed E-state index contributed by atoms with van der Waals surface area (Å²) in [5.74, 6) is 0.672. The van der Waals surface area contributed by atoms with Crippen molar-refractivity contribution in [3.8, 4) is 33.9 Å². The van der Waals surface area contributed by atoms with Crippen LogP contribution < -0.4 is 9.80 Å². The second-order valence-electron chi connectivity index (χ2n) is 15.9. The van der Waals surface area contributed by atoms with Gasteiger partial charge in [0.25, 0.3) is 0 Å². The molecule has 1 aromatic heterocycles. The molecule has 0 atom stereocenters. The first kappa shape index (κ1) is 33.8. The van der Waals surface area contributed by atoms with E-state index in [1.54, 1.807) is 0 Å². The van der Waals surface area contributed by atoms with Gasteiger partial charge in [-0.1, -0.05) is 161 Å². The molecule has 0 unspecified atom stereocenters. The summed E-state index contributed by atoms with van der Waals surface area (Å²) >= 11 is 0. The van der Waals surface area contributed by atoms with Gasteiger partial charge >= 0.3 is 0 Å². The summed E-state index contributed by atoms with van der Waals surface area (Å²) in [5, 5.41) is 0. The predicted molar refractivity (Wildman–Crippen MR) is 232 cm³/mol. The molecule has 0 amide bonds. The number of rotatable bonds is 5. The van der Waals surface area contributed by atoms with Crippen LogP contribution in [0.5, 0.6) is 0 Å². The lowest BCUT2D eigenvalue weighted by atomic mass is 9.73. The highest BCUT2D eigenvalue weighted by Crippen LogP contribution is 2.55. The molecule has 0 bridgehead atoms. The summed E-state index contributed by atoms with van der Waals surface area (Å²) < 4.78 is 0. The van der Waals surface area contributed by atoms with Gasteiger partial charge in [0, 0.05) is 38.9 Å². The first-order valence-corrected chi connectivity index (χ1v) is 19.4. The molecule has 4 nitrogen and oxygen atoms in total. The van der Waals surface area contributed by atoms with E-state index in [-0.39, 0.29) is 10.8 Å². The van der Waals surface area contributed by atoms with E-state index in [0.29, 0.717) is 5.82 Å². The standard InChI is InChI=1S/C52H42N4/c1-51(2)40-23-11-15-27-46(40)55(47-28-16-12-24-41(47)51)38-31-37(50-53-44(35-19-7-5-8-20-35)34-45(54-50)36-21-9-6-10-22-36)32-39(33-38)56-48-29-17-13-25-42(48)52(3,4)43-26-14-18-30-49(43)56/h5-34H,1-4H3. The molecule has 8 aromatic rings. The zero-order valence-corrected chi connectivity index (χ0v) is 32.1. The Hall–Kier alpha value is -6.78. The summed E-state index contributed by atoms with van der Waals surface area (Å²) in [7, 11) is 0. The van der Waals surface area contributed by atoms with Crippen molar-refractivity contribution in [2.24, 2.45) is 0 Å². The molecule has 0 saturated heterocycles. The molecule has 0 N–H and O–H groups in total. The van der Waals surface area contributed by atoms with Crippen molar-refractivity contribution in [1.29, 1.82) is 0 Å². The van der Waals surface area contributed by atoms with Crippen molar-refractivity contribution in [2.75, 3.05) is 9.80 Å². The Kier molecular flexibility index (Phi) is 7.79. The number of anilines is 6. The van der Waals surface area contributed by atoms with Crippen LogP contribution in [0.2, 0.25) is 0 Å². The van der Waals surface area contributed by atoms with Crippen LogP contribution in [0.1, 0.15) is 49.9 Å². The Balaban J connectivity index is 1.28. The third-order valence-electron chi connectivity index (χ3n) is 11.8. The number of nitrogens with zero attached hydrogens (tertiary/aromatic N) is 4. The highest BCUT2D eigenvalue weighted by molar-refractivity contribution is 5.93. The van der Waals surface area contributed by atoms with Crippen molar-refractivity contribution in [3.05, 3.63) is 204 Å². The first-order chi connectivity index (χ1) is 27.3. The molecule has 0 fully saturated rings. The van der Waals surface area contributed by atoms with Crippen molar-refractivity contribution in [1.82, 2.24) is 9.97 Å². The Bertz CT molecular complexity index is 2490. The fraction of sp³-hybridized carbons (Fsp3) is 0.115. The Morgan fingerprint density at radius 1 is 0.339 bits per heavy atom. The summed E-state index contributed by atoms with van der Waals surface area (Å²) in [4.78, 5) is 15.6. The SMILES string of the molecule is CC1(C)c2ccccc2N(c2cc(-c3nc(-c4ccccc4)cc(-c4ccccc4)n3)cc(N3c4ccccc4C(C)(C)c4ccccc43)c2)c2ccccc21. The van der Waals surface area contributed by atoms with E-state index < -0.39 is 0 Å². The molecule has 0 radical (unpaired) electrons. The molecule has 0 aliphatic carbocycles. The number of benzene rings is 7. The normalized spacial score (nSPS) is 14.6. The minimum atomic E-state index is -0.182. The lowest BCUT2D eigenvalue weighted by molar-refractivity contribution is 0.631. The zero-order chi connectivity index (χ0) is 38.0.